The van der Waals surface area contributed by atoms with Crippen LogP contribution in [0.3, 0.4) is 0 Å². The third-order valence-electron chi connectivity index (χ3n) is 5.29. The van der Waals surface area contributed by atoms with E-state index in [1.807, 2.05) is 0 Å². The SMILES string of the molecule is c1ccc2c(c1)Cc1ccc3c(oc4c5ccccc5ccc34)c1-2. The van der Waals surface area contributed by atoms with Gasteiger partial charge in [0.15, 0.2) is 0 Å². The Morgan fingerprint density at radius 3 is 2.38 bits per heavy atom. The van der Waals surface area contributed by atoms with Gasteiger partial charge < -0.3 is 4.42 Å². The standard InChI is InChI=1S/C23H14O/c1-4-8-18-14(5-1)9-11-19-20-12-10-16-13-15-6-2-3-7-17(15)21(16)23(20)24-22(18)19/h1-12H,13H2. The van der Waals surface area contributed by atoms with E-state index in [0.29, 0.717) is 0 Å². The Bertz CT molecular complexity index is 1270. The summed E-state index contributed by atoms with van der Waals surface area (Å²) in [5, 5.41) is 4.83. The summed E-state index contributed by atoms with van der Waals surface area (Å²) in [7, 11) is 0. The highest BCUT2D eigenvalue weighted by Crippen LogP contribution is 2.45. The van der Waals surface area contributed by atoms with Gasteiger partial charge in [0.1, 0.15) is 11.2 Å². The van der Waals surface area contributed by atoms with E-state index in [1.54, 1.807) is 0 Å². The maximum atomic E-state index is 6.47. The first-order valence-corrected chi connectivity index (χ1v) is 8.34. The van der Waals surface area contributed by atoms with Crippen molar-refractivity contribution >= 4 is 32.7 Å². The summed E-state index contributed by atoms with van der Waals surface area (Å²) in [6.45, 7) is 0. The molecule has 112 valence electrons. The van der Waals surface area contributed by atoms with E-state index >= 15 is 0 Å². The van der Waals surface area contributed by atoms with Gasteiger partial charge in [-0.15, -0.1) is 0 Å². The summed E-state index contributed by atoms with van der Waals surface area (Å²) in [4.78, 5) is 0. The highest BCUT2D eigenvalue weighted by Gasteiger charge is 2.23. The summed E-state index contributed by atoms with van der Waals surface area (Å²) >= 11 is 0. The van der Waals surface area contributed by atoms with Gasteiger partial charge in [0, 0.05) is 21.7 Å². The first-order chi connectivity index (χ1) is 11.9. The minimum Gasteiger partial charge on any atom is -0.455 e. The van der Waals surface area contributed by atoms with Gasteiger partial charge in [0.25, 0.3) is 0 Å². The van der Waals surface area contributed by atoms with Crippen LogP contribution in [0.1, 0.15) is 11.1 Å². The number of hydrogen-bond acceptors (Lipinski definition) is 1. The molecule has 0 N–H and O–H groups in total. The molecule has 1 heteroatoms. The lowest BCUT2D eigenvalue weighted by Gasteiger charge is -2.01. The molecule has 1 aliphatic rings. The summed E-state index contributed by atoms with van der Waals surface area (Å²) in [5.74, 6) is 0. The molecule has 0 fully saturated rings. The van der Waals surface area contributed by atoms with Crippen molar-refractivity contribution in [2.45, 2.75) is 6.42 Å². The lowest BCUT2D eigenvalue weighted by atomic mass is 10.0. The Kier molecular flexibility index (Phi) is 2.20. The average molecular weight is 306 g/mol. The van der Waals surface area contributed by atoms with Crippen molar-refractivity contribution < 1.29 is 4.42 Å². The van der Waals surface area contributed by atoms with Gasteiger partial charge in [-0.05, 0) is 34.6 Å². The molecular formula is C23H14O. The van der Waals surface area contributed by atoms with E-state index in [1.165, 1.54) is 43.8 Å². The molecule has 6 rings (SSSR count). The second-order valence-electron chi connectivity index (χ2n) is 6.58. The fourth-order valence-corrected chi connectivity index (χ4v) is 4.17. The van der Waals surface area contributed by atoms with Crippen LogP contribution in [0, 0.1) is 0 Å². The number of hydrogen-bond donors (Lipinski definition) is 0. The number of furan rings is 1. The number of fused-ring (bicyclic) bond motifs is 9. The van der Waals surface area contributed by atoms with E-state index in [-0.39, 0.29) is 0 Å². The van der Waals surface area contributed by atoms with Gasteiger partial charge in [-0.3, -0.25) is 0 Å². The minimum absolute atomic E-state index is 0.999. The van der Waals surface area contributed by atoms with E-state index in [4.69, 9.17) is 4.42 Å². The fraction of sp³-hybridized carbons (Fsp3) is 0.0435. The maximum Gasteiger partial charge on any atom is 0.143 e. The van der Waals surface area contributed by atoms with Crippen LogP contribution in [0.5, 0.6) is 0 Å². The predicted molar refractivity (Wildman–Crippen MR) is 99.5 cm³/mol. The summed E-state index contributed by atoms with van der Waals surface area (Å²) in [6.07, 6.45) is 0.999. The monoisotopic (exact) mass is 306 g/mol. The zero-order valence-corrected chi connectivity index (χ0v) is 13.0. The molecule has 1 aliphatic carbocycles. The Morgan fingerprint density at radius 2 is 1.38 bits per heavy atom. The van der Waals surface area contributed by atoms with Gasteiger partial charge in [-0.25, -0.2) is 0 Å². The number of benzene rings is 4. The molecular weight excluding hydrogens is 292 g/mol. The lowest BCUT2D eigenvalue weighted by Crippen LogP contribution is -1.79. The molecule has 0 atom stereocenters. The van der Waals surface area contributed by atoms with Gasteiger partial charge in [0.05, 0.1) is 0 Å². The van der Waals surface area contributed by atoms with E-state index in [9.17, 15) is 0 Å². The molecule has 1 nitrogen and oxygen atoms in total. The van der Waals surface area contributed by atoms with Gasteiger partial charge in [0.2, 0.25) is 0 Å². The predicted octanol–water partition coefficient (Wildman–Crippen LogP) is 6.31. The van der Waals surface area contributed by atoms with Crippen molar-refractivity contribution in [1.29, 1.82) is 0 Å². The first kappa shape index (κ1) is 12.4. The van der Waals surface area contributed by atoms with Crippen LogP contribution < -0.4 is 0 Å². The molecule has 24 heavy (non-hydrogen) atoms. The molecule has 0 radical (unpaired) electrons. The van der Waals surface area contributed by atoms with Crippen LogP contribution in [0.4, 0.5) is 0 Å². The van der Waals surface area contributed by atoms with Crippen LogP contribution in [-0.4, -0.2) is 0 Å². The van der Waals surface area contributed by atoms with E-state index in [2.05, 4.69) is 72.8 Å². The van der Waals surface area contributed by atoms with E-state index in [0.717, 1.165) is 17.6 Å². The lowest BCUT2D eigenvalue weighted by molar-refractivity contribution is 0.673. The molecule has 0 saturated heterocycles. The van der Waals surface area contributed by atoms with Crippen LogP contribution in [0.25, 0.3) is 43.8 Å². The Balaban J connectivity index is 1.82. The summed E-state index contributed by atoms with van der Waals surface area (Å²) in [6, 6.07) is 26.0. The van der Waals surface area contributed by atoms with Gasteiger partial charge in [-0.2, -0.15) is 0 Å². The van der Waals surface area contributed by atoms with Gasteiger partial charge in [-0.1, -0.05) is 66.7 Å². The zero-order valence-electron chi connectivity index (χ0n) is 13.0. The van der Waals surface area contributed by atoms with Crippen molar-refractivity contribution in [1.82, 2.24) is 0 Å². The van der Waals surface area contributed by atoms with Crippen LogP contribution in [0.2, 0.25) is 0 Å². The zero-order chi connectivity index (χ0) is 15.7. The molecule has 1 aromatic heterocycles. The topological polar surface area (TPSA) is 13.1 Å². The third-order valence-corrected chi connectivity index (χ3v) is 5.29. The molecule has 0 spiro atoms. The molecule has 0 unspecified atom stereocenters. The Labute approximate surface area is 139 Å². The molecule has 0 amide bonds. The van der Waals surface area contributed by atoms with Gasteiger partial charge >= 0.3 is 0 Å². The van der Waals surface area contributed by atoms with Crippen LogP contribution in [-0.2, 0) is 6.42 Å². The van der Waals surface area contributed by atoms with Crippen molar-refractivity contribution in [3.63, 3.8) is 0 Å². The quantitative estimate of drug-likeness (QED) is 0.320. The van der Waals surface area contributed by atoms with Crippen LogP contribution in [0.15, 0.2) is 77.2 Å². The van der Waals surface area contributed by atoms with E-state index < -0.39 is 0 Å². The van der Waals surface area contributed by atoms with Crippen molar-refractivity contribution in [3.8, 4) is 11.1 Å². The third kappa shape index (κ3) is 1.45. The summed E-state index contributed by atoms with van der Waals surface area (Å²) in [5.41, 5.74) is 7.40. The fourth-order valence-electron chi connectivity index (χ4n) is 4.17. The number of rotatable bonds is 0. The highest BCUT2D eigenvalue weighted by molar-refractivity contribution is 6.17. The second kappa shape index (κ2) is 4.27. The van der Waals surface area contributed by atoms with Crippen molar-refractivity contribution in [2.24, 2.45) is 0 Å². The highest BCUT2D eigenvalue weighted by atomic mass is 16.3. The Hall–Kier alpha value is -3.06. The van der Waals surface area contributed by atoms with Crippen LogP contribution >= 0.6 is 0 Å². The minimum atomic E-state index is 0.999. The second-order valence-corrected chi connectivity index (χ2v) is 6.58. The smallest absolute Gasteiger partial charge is 0.143 e. The molecule has 0 saturated carbocycles. The normalized spacial score (nSPS) is 12.8. The summed E-state index contributed by atoms with van der Waals surface area (Å²) < 4.78 is 6.47. The Morgan fingerprint density at radius 1 is 0.583 bits per heavy atom. The first-order valence-electron chi connectivity index (χ1n) is 8.34. The molecule has 0 aliphatic heterocycles. The van der Waals surface area contributed by atoms with Crippen molar-refractivity contribution in [3.05, 3.63) is 83.9 Å². The largest absolute Gasteiger partial charge is 0.455 e. The average Bonchev–Trinajstić information content (AvgIpc) is 3.19. The molecule has 5 aromatic rings. The van der Waals surface area contributed by atoms with Crippen molar-refractivity contribution in [2.75, 3.05) is 0 Å². The molecule has 4 aromatic carbocycles. The molecule has 1 heterocycles. The maximum absolute atomic E-state index is 6.47. The molecule has 0 bridgehead atoms.